The van der Waals surface area contributed by atoms with Crippen LogP contribution in [0.5, 0.6) is 0 Å². The maximum Gasteiger partial charge on any atom is 0.281 e. The van der Waals surface area contributed by atoms with Crippen LogP contribution in [0.3, 0.4) is 0 Å². The minimum Gasteiger partial charge on any atom is -0.397 e. The molecule has 3 aromatic carbocycles. The molecule has 0 unspecified atom stereocenters. The van der Waals surface area contributed by atoms with E-state index in [-0.39, 0.29) is 5.91 Å². The highest BCUT2D eigenvalue weighted by Gasteiger charge is 2.23. The Morgan fingerprint density at radius 2 is 1.58 bits per heavy atom. The monoisotopic (exact) mass is 412 g/mol. The van der Waals surface area contributed by atoms with Gasteiger partial charge in [-0.15, -0.1) is 0 Å². The summed E-state index contributed by atoms with van der Waals surface area (Å²) in [5.41, 5.74) is 8.68. The Hall–Kier alpha value is -4.39. The smallest absolute Gasteiger partial charge is 0.281 e. The lowest BCUT2D eigenvalue weighted by Gasteiger charge is -2.19. The van der Waals surface area contributed by atoms with E-state index in [0.29, 0.717) is 28.3 Å². The molecule has 31 heavy (non-hydrogen) atoms. The fraction of sp³-hybridized carbons (Fsp3) is 0.0417. The molecule has 0 aliphatic heterocycles. The third-order valence-corrected chi connectivity index (χ3v) is 4.88. The Labute approximate surface area is 178 Å². The van der Waals surface area contributed by atoms with Gasteiger partial charge < -0.3 is 16.0 Å². The lowest BCUT2D eigenvalue weighted by atomic mass is 10.1. The van der Waals surface area contributed by atoms with E-state index in [1.54, 1.807) is 54.6 Å². The number of imide groups is 1. The highest BCUT2D eigenvalue weighted by atomic mass is 16.2. The van der Waals surface area contributed by atoms with Gasteiger partial charge in [0.05, 0.1) is 17.1 Å². The zero-order valence-corrected chi connectivity index (χ0v) is 16.8. The molecule has 4 rings (SSSR count). The number of amides is 3. The lowest BCUT2D eigenvalue weighted by Crippen LogP contribution is -2.35. The molecule has 0 saturated heterocycles. The number of H-pyrrole nitrogens is 1. The average molecular weight is 412 g/mol. The van der Waals surface area contributed by atoms with E-state index >= 15 is 0 Å². The molecule has 4 aromatic rings. The second-order valence-electron chi connectivity index (χ2n) is 7.02. The van der Waals surface area contributed by atoms with Crippen LogP contribution in [0.15, 0.2) is 78.9 Å². The number of anilines is 3. The van der Waals surface area contributed by atoms with Gasteiger partial charge in [-0.25, -0.2) is 4.90 Å². The van der Waals surface area contributed by atoms with Gasteiger partial charge in [-0.2, -0.15) is 0 Å². The predicted octanol–water partition coefficient (Wildman–Crippen LogP) is 4.20. The number of aromatic nitrogens is 1. The summed E-state index contributed by atoms with van der Waals surface area (Å²) in [5, 5.41) is 3.62. The molecule has 0 atom stereocenters. The first kappa shape index (κ1) is 19.9. The largest absolute Gasteiger partial charge is 0.397 e. The standard InChI is InChI=1S/C24H20N4O3/c1-15(29)28(24(31)22-14-17-6-2-4-8-20(17)26-22)18-12-10-16(11-13-18)23(30)27-21-9-5-3-7-19(21)25/h2-14,26H,25H2,1H3,(H,27,30). The van der Waals surface area contributed by atoms with E-state index in [4.69, 9.17) is 5.73 Å². The number of benzene rings is 3. The third-order valence-electron chi connectivity index (χ3n) is 4.88. The third kappa shape index (κ3) is 4.02. The number of carbonyl (C=O) groups is 3. The van der Waals surface area contributed by atoms with Gasteiger partial charge in [0.25, 0.3) is 11.8 Å². The number of hydrogen-bond donors (Lipinski definition) is 3. The molecule has 3 amide bonds. The zero-order chi connectivity index (χ0) is 22.0. The van der Waals surface area contributed by atoms with Gasteiger partial charge in [0.2, 0.25) is 5.91 Å². The number of nitrogens with zero attached hydrogens (tertiary/aromatic N) is 1. The van der Waals surface area contributed by atoms with E-state index in [1.165, 1.54) is 6.92 Å². The number of para-hydroxylation sites is 3. The topological polar surface area (TPSA) is 108 Å². The Balaban J connectivity index is 1.58. The van der Waals surface area contributed by atoms with Gasteiger partial charge >= 0.3 is 0 Å². The molecule has 4 N–H and O–H groups in total. The molecule has 0 aliphatic rings. The summed E-state index contributed by atoms with van der Waals surface area (Å²) in [5.74, 6) is -1.25. The molecule has 0 bridgehead atoms. The molecule has 1 heterocycles. The van der Waals surface area contributed by atoms with Crippen LogP contribution in [0, 0.1) is 0 Å². The number of rotatable bonds is 4. The Kier molecular flexibility index (Phi) is 5.24. The van der Waals surface area contributed by atoms with Crippen molar-refractivity contribution in [2.75, 3.05) is 16.0 Å². The molecule has 7 nitrogen and oxygen atoms in total. The normalized spacial score (nSPS) is 10.6. The van der Waals surface area contributed by atoms with E-state index in [2.05, 4.69) is 10.3 Å². The molecule has 0 spiro atoms. The summed E-state index contributed by atoms with van der Waals surface area (Å²) >= 11 is 0. The van der Waals surface area contributed by atoms with Gasteiger partial charge in [0.1, 0.15) is 5.69 Å². The van der Waals surface area contributed by atoms with Crippen molar-refractivity contribution < 1.29 is 14.4 Å². The van der Waals surface area contributed by atoms with Crippen molar-refractivity contribution in [1.82, 2.24) is 4.98 Å². The van der Waals surface area contributed by atoms with Crippen LogP contribution in [0.4, 0.5) is 17.1 Å². The molecular weight excluding hydrogens is 392 g/mol. The summed E-state index contributed by atoms with van der Waals surface area (Å²) in [4.78, 5) is 41.9. The molecule has 154 valence electrons. The molecule has 7 heteroatoms. The summed E-state index contributed by atoms with van der Waals surface area (Å²) in [6, 6.07) is 22.4. The lowest BCUT2D eigenvalue weighted by molar-refractivity contribution is -0.115. The van der Waals surface area contributed by atoms with E-state index in [1.807, 2.05) is 24.3 Å². The SMILES string of the molecule is CC(=O)N(C(=O)c1cc2ccccc2[nH]1)c1ccc(C(=O)Nc2ccccc2N)cc1. The van der Waals surface area contributed by atoms with Crippen LogP contribution in [0.25, 0.3) is 10.9 Å². The number of aromatic amines is 1. The van der Waals surface area contributed by atoms with Crippen molar-refractivity contribution in [3.05, 3.63) is 90.1 Å². The average Bonchev–Trinajstić information content (AvgIpc) is 3.20. The van der Waals surface area contributed by atoms with Crippen molar-refractivity contribution >= 4 is 45.7 Å². The highest BCUT2D eigenvalue weighted by Crippen LogP contribution is 2.22. The van der Waals surface area contributed by atoms with Gasteiger partial charge in [0.15, 0.2) is 0 Å². The van der Waals surface area contributed by atoms with Crippen molar-refractivity contribution in [2.45, 2.75) is 6.92 Å². The molecule has 0 fully saturated rings. The molecule has 0 radical (unpaired) electrons. The second kappa shape index (κ2) is 8.16. The minimum atomic E-state index is -0.474. The van der Waals surface area contributed by atoms with Gasteiger partial charge in [-0.3, -0.25) is 14.4 Å². The molecule has 1 aromatic heterocycles. The van der Waals surface area contributed by atoms with Gasteiger partial charge in [-0.1, -0.05) is 30.3 Å². The van der Waals surface area contributed by atoms with E-state index in [0.717, 1.165) is 15.8 Å². The van der Waals surface area contributed by atoms with Crippen molar-refractivity contribution in [2.24, 2.45) is 0 Å². The number of fused-ring (bicyclic) bond motifs is 1. The van der Waals surface area contributed by atoms with Crippen LogP contribution in [0.1, 0.15) is 27.8 Å². The summed E-state index contributed by atoms with van der Waals surface area (Å²) < 4.78 is 0. The summed E-state index contributed by atoms with van der Waals surface area (Å²) in [7, 11) is 0. The van der Waals surface area contributed by atoms with Crippen molar-refractivity contribution in [3.8, 4) is 0 Å². The van der Waals surface area contributed by atoms with Crippen LogP contribution in [-0.4, -0.2) is 22.7 Å². The molecular formula is C24H20N4O3. The highest BCUT2D eigenvalue weighted by molar-refractivity contribution is 6.21. The molecule has 0 aliphatic carbocycles. The van der Waals surface area contributed by atoms with Crippen LogP contribution in [-0.2, 0) is 4.79 Å². The maximum absolute atomic E-state index is 13.0. The van der Waals surface area contributed by atoms with Crippen molar-refractivity contribution in [1.29, 1.82) is 0 Å². The number of carbonyl (C=O) groups excluding carboxylic acids is 3. The number of hydrogen-bond acceptors (Lipinski definition) is 4. The first-order valence-electron chi connectivity index (χ1n) is 9.63. The summed E-state index contributed by atoms with van der Waals surface area (Å²) in [6.45, 7) is 1.32. The quantitative estimate of drug-likeness (QED) is 0.437. The van der Waals surface area contributed by atoms with Crippen LogP contribution >= 0.6 is 0 Å². The Morgan fingerprint density at radius 1 is 0.903 bits per heavy atom. The number of nitrogens with two attached hydrogens (primary N) is 1. The first-order chi connectivity index (χ1) is 14.9. The summed E-state index contributed by atoms with van der Waals surface area (Å²) in [6.07, 6.45) is 0. The fourth-order valence-corrected chi connectivity index (χ4v) is 3.32. The second-order valence-corrected chi connectivity index (χ2v) is 7.02. The number of nitrogens with one attached hydrogen (secondary N) is 2. The number of nitrogen functional groups attached to an aromatic ring is 1. The minimum absolute atomic E-state index is 0.303. The van der Waals surface area contributed by atoms with E-state index < -0.39 is 11.8 Å². The van der Waals surface area contributed by atoms with Gasteiger partial charge in [0, 0.05) is 23.4 Å². The van der Waals surface area contributed by atoms with Crippen LogP contribution in [0.2, 0.25) is 0 Å². The van der Waals surface area contributed by atoms with Crippen molar-refractivity contribution in [3.63, 3.8) is 0 Å². The Morgan fingerprint density at radius 3 is 2.26 bits per heavy atom. The first-order valence-corrected chi connectivity index (χ1v) is 9.63. The zero-order valence-electron chi connectivity index (χ0n) is 16.8. The fourth-order valence-electron chi connectivity index (χ4n) is 3.32. The van der Waals surface area contributed by atoms with Gasteiger partial charge in [-0.05, 0) is 48.5 Å². The van der Waals surface area contributed by atoms with E-state index in [9.17, 15) is 14.4 Å². The predicted molar refractivity (Wildman–Crippen MR) is 121 cm³/mol. The Bertz CT molecular complexity index is 1260. The van der Waals surface area contributed by atoms with Crippen LogP contribution < -0.4 is 16.0 Å². The molecule has 0 saturated carbocycles. The maximum atomic E-state index is 13.0.